The van der Waals surface area contributed by atoms with E-state index in [2.05, 4.69) is 18.6 Å². The molecule has 1 heterocycles. The van der Waals surface area contributed by atoms with E-state index in [0.29, 0.717) is 6.54 Å². The summed E-state index contributed by atoms with van der Waals surface area (Å²) in [4.78, 5) is 0. The summed E-state index contributed by atoms with van der Waals surface area (Å²) in [5, 5.41) is -0.138. The highest BCUT2D eigenvalue weighted by Crippen LogP contribution is 2.41. The van der Waals surface area contributed by atoms with E-state index in [4.69, 9.17) is 4.74 Å². The van der Waals surface area contributed by atoms with Gasteiger partial charge in [-0.25, -0.2) is 13.1 Å². The third-order valence-corrected chi connectivity index (χ3v) is 5.67. The molecule has 1 saturated carbocycles. The topological polar surface area (TPSA) is 55.4 Å². The standard InChI is InChI=1S/C12H23NO3S/c1-11(2)7-9(12(3,4)16-11)8-13-17(14,15)10-5-6-10/h9-10,13H,5-8H2,1-4H3. The molecule has 17 heavy (non-hydrogen) atoms. The van der Waals surface area contributed by atoms with Gasteiger partial charge in [0.05, 0.1) is 16.5 Å². The minimum Gasteiger partial charge on any atom is -0.369 e. The molecular weight excluding hydrogens is 238 g/mol. The van der Waals surface area contributed by atoms with Gasteiger partial charge >= 0.3 is 0 Å². The lowest BCUT2D eigenvalue weighted by Crippen LogP contribution is -2.38. The molecule has 0 bridgehead atoms. The van der Waals surface area contributed by atoms with Crippen molar-refractivity contribution in [2.24, 2.45) is 5.92 Å². The lowest BCUT2D eigenvalue weighted by molar-refractivity contribution is -0.0739. The Morgan fingerprint density at radius 1 is 1.24 bits per heavy atom. The van der Waals surface area contributed by atoms with E-state index in [-0.39, 0.29) is 22.4 Å². The van der Waals surface area contributed by atoms with Crippen molar-refractivity contribution in [3.8, 4) is 0 Å². The highest BCUT2D eigenvalue weighted by molar-refractivity contribution is 7.90. The highest BCUT2D eigenvalue weighted by atomic mass is 32.2. The first-order valence-electron chi connectivity index (χ1n) is 6.31. The van der Waals surface area contributed by atoms with E-state index >= 15 is 0 Å². The maximum atomic E-state index is 11.8. The molecule has 1 N–H and O–H groups in total. The van der Waals surface area contributed by atoms with Crippen LogP contribution in [0, 0.1) is 5.92 Å². The first kappa shape index (κ1) is 13.3. The zero-order chi connectivity index (χ0) is 12.9. The Morgan fingerprint density at radius 2 is 1.82 bits per heavy atom. The van der Waals surface area contributed by atoms with Crippen LogP contribution in [0.5, 0.6) is 0 Å². The number of rotatable bonds is 4. The Balaban J connectivity index is 1.95. The Labute approximate surface area is 104 Å². The second-order valence-corrected chi connectivity index (χ2v) is 8.50. The third kappa shape index (κ3) is 3.01. The normalized spacial score (nSPS) is 31.6. The molecule has 1 atom stereocenters. The Hall–Kier alpha value is -0.130. The van der Waals surface area contributed by atoms with Gasteiger partial charge in [-0.3, -0.25) is 0 Å². The van der Waals surface area contributed by atoms with Crippen molar-refractivity contribution in [1.82, 2.24) is 4.72 Å². The molecule has 1 aliphatic heterocycles. The average molecular weight is 261 g/mol. The molecule has 0 spiro atoms. The second kappa shape index (κ2) is 3.93. The monoisotopic (exact) mass is 261 g/mol. The fraction of sp³-hybridized carbons (Fsp3) is 1.00. The fourth-order valence-electron chi connectivity index (χ4n) is 2.71. The van der Waals surface area contributed by atoms with Gasteiger partial charge in [0, 0.05) is 12.5 Å². The van der Waals surface area contributed by atoms with E-state index < -0.39 is 10.0 Å². The van der Waals surface area contributed by atoms with Crippen LogP contribution in [0.1, 0.15) is 47.0 Å². The molecule has 0 radical (unpaired) electrons. The van der Waals surface area contributed by atoms with Crippen LogP contribution in [0.25, 0.3) is 0 Å². The van der Waals surface area contributed by atoms with Gasteiger partial charge in [0.2, 0.25) is 10.0 Å². The molecule has 2 fully saturated rings. The van der Waals surface area contributed by atoms with Crippen molar-refractivity contribution in [1.29, 1.82) is 0 Å². The van der Waals surface area contributed by atoms with Gasteiger partial charge in [-0.15, -0.1) is 0 Å². The number of hydrogen-bond donors (Lipinski definition) is 1. The van der Waals surface area contributed by atoms with Crippen molar-refractivity contribution in [2.75, 3.05) is 6.54 Å². The quantitative estimate of drug-likeness (QED) is 0.837. The zero-order valence-electron chi connectivity index (χ0n) is 11.1. The van der Waals surface area contributed by atoms with Crippen LogP contribution < -0.4 is 4.72 Å². The van der Waals surface area contributed by atoms with Crippen LogP contribution in [-0.2, 0) is 14.8 Å². The molecule has 0 aromatic heterocycles. The predicted octanol–water partition coefficient (Wildman–Crippen LogP) is 1.66. The van der Waals surface area contributed by atoms with E-state index in [9.17, 15) is 8.42 Å². The lowest BCUT2D eigenvalue weighted by Gasteiger charge is -2.27. The molecule has 1 aliphatic carbocycles. The summed E-state index contributed by atoms with van der Waals surface area (Å²) in [5.41, 5.74) is -0.408. The maximum absolute atomic E-state index is 11.8. The Morgan fingerprint density at radius 3 is 2.24 bits per heavy atom. The zero-order valence-corrected chi connectivity index (χ0v) is 11.9. The summed E-state index contributed by atoms with van der Waals surface area (Å²) in [7, 11) is -3.07. The third-order valence-electron chi connectivity index (χ3n) is 3.75. The summed E-state index contributed by atoms with van der Waals surface area (Å²) in [6.07, 6.45) is 2.52. The van der Waals surface area contributed by atoms with Crippen molar-refractivity contribution in [2.45, 2.75) is 63.4 Å². The minimum atomic E-state index is -3.07. The van der Waals surface area contributed by atoms with E-state index in [0.717, 1.165) is 19.3 Å². The summed E-state index contributed by atoms with van der Waals surface area (Å²) in [6, 6.07) is 0. The van der Waals surface area contributed by atoms with Crippen LogP contribution in [0.15, 0.2) is 0 Å². The summed E-state index contributed by atoms with van der Waals surface area (Å²) in [6.45, 7) is 8.69. The number of sulfonamides is 1. The molecule has 100 valence electrons. The molecular formula is C12H23NO3S. The molecule has 1 unspecified atom stereocenters. The first-order chi connectivity index (χ1) is 7.62. The van der Waals surface area contributed by atoms with Crippen LogP contribution in [0.2, 0.25) is 0 Å². The smallest absolute Gasteiger partial charge is 0.214 e. The number of nitrogens with one attached hydrogen (secondary N) is 1. The van der Waals surface area contributed by atoms with Crippen molar-refractivity contribution < 1.29 is 13.2 Å². The molecule has 4 nitrogen and oxygen atoms in total. The number of ether oxygens (including phenoxy) is 1. The Kier molecular flexibility index (Phi) is 3.08. The first-order valence-corrected chi connectivity index (χ1v) is 7.86. The average Bonchev–Trinajstić information content (AvgIpc) is 2.89. The maximum Gasteiger partial charge on any atom is 0.214 e. The molecule has 2 rings (SSSR count). The molecule has 0 aromatic carbocycles. The van der Waals surface area contributed by atoms with E-state index in [1.54, 1.807) is 0 Å². The highest BCUT2D eigenvalue weighted by Gasteiger charge is 2.46. The van der Waals surface area contributed by atoms with Crippen LogP contribution in [-0.4, -0.2) is 31.4 Å². The van der Waals surface area contributed by atoms with E-state index in [1.807, 2.05) is 13.8 Å². The second-order valence-electron chi connectivity index (χ2n) is 6.46. The van der Waals surface area contributed by atoms with Gasteiger partial charge in [0.1, 0.15) is 0 Å². The van der Waals surface area contributed by atoms with Gasteiger partial charge in [0.25, 0.3) is 0 Å². The van der Waals surface area contributed by atoms with Crippen molar-refractivity contribution >= 4 is 10.0 Å². The molecule has 1 saturated heterocycles. The van der Waals surface area contributed by atoms with Gasteiger partial charge in [-0.05, 0) is 47.0 Å². The molecule has 0 amide bonds. The Bertz CT molecular complexity index is 396. The molecule has 0 aromatic rings. The van der Waals surface area contributed by atoms with Crippen LogP contribution >= 0.6 is 0 Å². The van der Waals surface area contributed by atoms with Crippen molar-refractivity contribution in [3.05, 3.63) is 0 Å². The number of hydrogen-bond acceptors (Lipinski definition) is 3. The SMILES string of the molecule is CC1(C)CC(CNS(=O)(=O)C2CC2)C(C)(C)O1. The molecule has 5 heteroatoms. The molecule has 2 aliphatic rings. The largest absolute Gasteiger partial charge is 0.369 e. The summed E-state index contributed by atoms with van der Waals surface area (Å²) in [5.74, 6) is 0.242. The summed E-state index contributed by atoms with van der Waals surface area (Å²) < 4.78 is 32.2. The van der Waals surface area contributed by atoms with Gasteiger partial charge < -0.3 is 4.74 Å². The fourth-order valence-corrected chi connectivity index (χ4v) is 4.13. The minimum absolute atomic E-state index is 0.138. The predicted molar refractivity (Wildman–Crippen MR) is 67.3 cm³/mol. The van der Waals surface area contributed by atoms with Crippen LogP contribution in [0.3, 0.4) is 0 Å². The summed E-state index contributed by atoms with van der Waals surface area (Å²) >= 11 is 0. The lowest BCUT2D eigenvalue weighted by atomic mass is 9.88. The van der Waals surface area contributed by atoms with Gasteiger partial charge in [0.15, 0.2) is 0 Å². The van der Waals surface area contributed by atoms with E-state index in [1.165, 1.54) is 0 Å². The van der Waals surface area contributed by atoms with Crippen LogP contribution in [0.4, 0.5) is 0 Å². The van der Waals surface area contributed by atoms with Crippen molar-refractivity contribution in [3.63, 3.8) is 0 Å². The van der Waals surface area contributed by atoms with Gasteiger partial charge in [-0.1, -0.05) is 0 Å². The van der Waals surface area contributed by atoms with Gasteiger partial charge in [-0.2, -0.15) is 0 Å².